The molecule has 0 aliphatic heterocycles. The van der Waals surface area contributed by atoms with Crippen LogP contribution in [0, 0.1) is 5.82 Å². The fraction of sp³-hybridized carbons (Fsp3) is 0.0938. The number of hydrogen-bond donors (Lipinski definition) is 0. The molecule has 0 fully saturated rings. The summed E-state index contributed by atoms with van der Waals surface area (Å²) in [5.41, 5.74) is 1.79. The van der Waals surface area contributed by atoms with Crippen molar-refractivity contribution in [3.8, 4) is 28.8 Å². The van der Waals surface area contributed by atoms with E-state index in [1.807, 2.05) is 36.4 Å². The number of furan rings is 1. The summed E-state index contributed by atoms with van der Waals surface area (Å²) in [5.74, 6) is 1.29. The highest BCUT2D eigenvalue weighted by Crippen LogP contribution is 2.39. The number of nitrogens with zero attached hydrogens (tertiary/aromatic N) is 3. The van der Waals surface area contributed by atoms with E-state index in [-0.39, 0.29) is 23.8 Å². The van der Waals surface area contributed by atoms with Gasteiger partial charge in [-0.1, -0.05) is 48.5 Å². The summed E-state index contributed by atoms with van der Waals surface area (Å²) < 4.78 is 38.4. The maximum atomic E-state index is 14.1. The highest BCUT2D eigenvalue weighted by molar-refractivity contribution is 5.85. The quantitative estimate of drug-likeness (QED) is 0.204. The van der Waals surface area contributed by atoms with E-state index in [1.165, 1.54) is 31.2 Å². The maximum absolute atomic E-state index is 14.1. The first-order chi connectivity index (χ1) is 20.1. The summed E-state index contributed by atoms with van der Waals surface area (Å²) in [6.07, 6.45) is 1.50. The molecular weight excluding hydrogens is 525 g/mol. The molecule has 2 heterocycles. The first-order valence-electron chi connectivity index (χ1n) is 12.7. The third kappa shape index (κ3) is 5.00. The van der Waals surface area contributed by atoms with Crippen molar-refractivity contribution in [2.75, 3.05) is 14.2 Å². The van der Waals surface area contributed by atoms with Gasteiger partial charge in [0.2, 0.25) is 11.6 Å². The molecule has 0 amide bonds. The van der Waals surface area contributed by atoms with Crippen LogP contribution < -0.4 is 19.8 Å². The summed E-state index contributed by atoms with van der Waals surface area (Å²) in [6, 6.07) is 26.2. The maximum Gasteiger partial charge on any atom is 0.282 e. The fourth-order valence-corrected chi connectivity index (χ4v) is 4.49. The Labute approximate surface area is 233 Å². The van der Waals surface area contributed by atoms with Gasteiger partial charge in [-0.3, -0.25) is 4.79 Å². The molecule has 4 aromatic carbocycles. The van der Waals surface area contributed by atoms with Crippen LogP contribution in [0.5, 0.6) is 17.2 Å². The Morgan fingerprint density at radius 1 is 0.927 bits per heavy atom. The van der Waals surface area contributed by atoms with E-state index in [4.69, 9.17) is 23.6 Å². The third-order valence-corrected chi connectivity index (χ3v) is 6.53. The summed E-state index contributed by atoms with van der Waals surface area (Å²) in [4.78, 5) is 18.3. The first-order valence-corrected chi connectivity index (χ1v) is 12.7. The van der Waals surface area contributed by atoms with Gasteiger partial charge in [0.15, 0.2) is 17.3 Å². The van der Waals surface area contributed by atoms with Crippen molar-refractivity contribution in [2.45, 2.75) is 6.61 Å². The second-order valence-electron chi connectivity index (χ2n) is 9.10. The van der Waals surface area contributed by atoms with Crippen LogP contribution in [0.15, 0.2) is 105 Å². The van der Waals surface area contributed by atoms with E-state index in [1.54, 1.807) is 48.5 Å². The van der Waals surface area contributed by atoms with E-state index >= 15 is 0 Å². The molecule has 204 valence electrons. The van der Waals surface area contributed by atoms with Crippen LogP contribution in [0.3, 0.4) is 0 Å². The van der Waals surface area contributed by atoms with Crippen molar-refractivity contribution in [1.82, 2.24) is 9.66 Å². The van der Waals surface area contributed by atoms with Crippen LogP contribution in [0.4, 0.5) is 4.39 Å². The number of benzene rings is 4. The Morgan fingerprint density at radius 2 is 1.63 bits per heavy atom. The minimum Gasteiger partial charge on any atom is -0.493 e. The van der Waals surface area contributed by atoms with Crippen LogP contribution >= 0.6 is 0 Å². The number of aromatic nitrogens is 2. The lowest BCUT2D eigenvalue weighted by Crippen LogP contribution is -2.20. The lowest BCUT2D eigenvalue weighted by Gasteiger charge is -2.15. The minimum absolute atomic E-state index is 0.0220. The molecule has 0 N–H and O–H groups in total. The molecule has 0 radical (unpaired) electrons. The first kappa shape index (κ1) is 25.8. The fourth-order valence-electron chi connectivity index (χ4n) is 4.49. The molecule has 0 saturated heterocycles. The van der Waals surface area contributed by atoms with Crippen LogP contribution in [0.25, 0.3) is 33.5 Å². The molecule has 0 bridgehead atoms. The SMILES string of the molecule is COc1cc(C=Nn2c(-c3cc4ccccc4o3)nc3ccccc3c2=O)cc(OC)c1OCc1ccccc1F. The van der Waals surface area contributed by atoms with Crippen molar-refractivity contribution >= 4 is 28.1 Å². The Hall–Kier alpha value is -5.44. The molecule has 9 heteroatoms. The van der Waals surface area contributed by atoms with Gasteiger partial charge in [-0.15, -0.1) is 0 Å². The second kappa shape index (κ2) is 11.0. The van der Waals surface area contributed by atoms with Gasteiger partial charge in [0, 0.05) is 16.5 Å². The van der Waals surface area contributed by atoms with Gasteiger partial charge in [0.1, 0.15) is 18.0 Å². The number of hydrogen-bond acceptors (Lipinski definition) is 7. The molecule has 2 aromatic heterocycles. The zero-order chi connectivity index (χ0) is 28.3. The number of halogens is 1. The molecule has 0 saturated carbocycles. The molecule has 41 heavy (non-hydrogen) atoms. The minimum atomic E-state index is -0.371. The van der Waals surface area contributed by atoms with Crippen LogP contribution in [-0.4, -0.2) is 30.1 Å². The number of para-hydroxylation sites is 2. The Morgan fingerprint density at radius 3 is 2.39 bits per heavy atom. The highest BCUT2D eigenvalue weighted by atomic mass is 19.1. The molecule has 0 aliphatic carbocycles. The lowest BCUT2D eigenvalue weighted by molar-refractivity contribution is 0.262. The summed E-state index contributed by atoms with van der Waals surface area (Å²) in [7, 11) is 2.98. The van der Waals surface area contributed by atoms with Crippen LogP contribution in [0.1, 0.15) is 11.1 Å². The van der Waals surface area contributed by atoms with Gasteiger partial charge < -0.3 is 18.6 Å². The molecule has 0 atom stereocenters. The summed E-state index contributed by atoms with van der Waals surface area (Å²) in [5, 5.41) is 5.80. The van der Waals surface area contributed by atoms with Crippen molar-refractivity contribution in [3.63, 3.8) is 0 Å². The molecule has 6 rings (SSSR count). The summed E-state index contributed by atoms with van der Waals surface area (Å²) >= 11 is 0. The number of methoxy groups -OCH3 is 2. The zero-order valence-corrected chi connectivity index (χ0v) is 22.2. The predicted molar refractivity (Wildman–Crippen MR) is 154 cm³/mol. The predicted octanol–water partition coefficient (Wildman–Crippen LogP) is 6.43. The highest BCUT2D eigenvalue weighted by Gasteiger charge is 2.18. The second-order valence-corrected chi connectivity index (χ2v) is 9.10. The molecular formula is C32H24FN3O5. The number of ether oxygens (including phenoxy) is 3. The smallest absolute Gasteiger partial charge is 0.282 e. The van der Waals surface area contributed by atoms with Gasteiger partial charge in [-0.2, -0.15) is 9.78 Å². The number of rotatable bonds is 8. The van der Waals surface area contributed by atoms with Crippen molar-refractivity contribution in [2.24, 2.45) is 5.10 Å². The lowest BCUT2D eigenvalue weighted by atomic mass is 10.2. The van der Waals surface area contributed by atoms with Crippen LogP contribution in [0.2, 0.25) is 0 Å². The van der Waals surface area contributed by atoms with E-state index in [9.17, 15) is 9.18 Å². The third-order valence-electron chi connectivity index (χ3n) is 6.53. The topological polar surface area (TPSA) is 88.1 Å². The molecule has 8 nitrogen and oxygen atoms in total. The molecule has 0 unspecified atom stereocenters. The van der Waals surface area contributed by atoms with E-state index in [0.717, 1.165) is 5.39 Å². The van der Waals surface area contributed by atoms with Gasteiger partial charge in [-0.25, -0.2) is 9.37 Å². The van der Waals surface area contributed by atoms with E-state index < -0.39 is 0 Å². The van der Waals surface area contributed by atoms with Gasteiger partial charge in [0.25, 0.3) is 5.56 Å². The zero-order valence-electron chi connectivity index (χ0n) is 22.2. The average molecular weight is 550 g/mol. The largest absolute Gasteiger partial charge is 0.493 e. The van der Waals surface area contributed by atoms with Crippen LogP contribution in [-0.2, 0) is 6.61 Å². The normalized spacial score (nSPS) is 11.4. The van der Waals surface area contributed by atoms with E-state index in [0.29, 0.717) is 50.6 Å². The standard InChI is InChI=1S/C32H24FN3O5/c1-38-27-15-20(16-28(39-2)30(27)40-19-22-10-3-6-12-24(22)33)18-34-36-31(29-17-21-9-4-8-14-26(21)41-29)35-25-13-7-5-11-23(25)32(36)37/h3-18H,19H2,1-2H3. The monoisotopic (exact) mass is 549 g/mol. The van der Waals surface area contributed by atoms with Gasteiger partial charge in [-0.05, 0) is 42.5 Å². The Kier molecular flexibility index (Phi) is 6.91. The van der Waals surface area contributed by atoms with Crippen molar-refractivity contribution < 1.29 is 23.0 Å². The van der Waals surface area contributed by atoms with Crippen molar-refractivity contribution in [1.29, 1.82) is 0 Å². The Bertz CT molecular complexity index is 1920. The molecule has 6 aromatic rings. The summed E-state index contributed by atoms with van der Waals surface area (Å²) in [6.45, 7) is -0.0220. The van der Waals surface area contributed by atoms with Gasteiger partial charge in [0.05, 0.1) is 31.3 Å². The van der Waals surface area contributed by atoms with Crippen molar-refractivity contribution in [3.05, 3.63) is 118 Å². The molecule has 0 spiro atoms. The van der Waals surface area contributed by atoms with E-state index in [2.05, 4.69) is 5.10 Å². The Balaban J connectivity index is 1.41. The number of fused-ring (bicyclic) bond motifs is 2. The average Bonchev–Trinajstić information content (AvgIpc) is 3.44. The van der Waals surface area contributed by atoms with Gasteiger partial charge >= 0.3 is 0 Å². The molecule has 0 aliphatic rings.